The lowest BCUT2D eigenvalue weighted by atomic mass is 10.7. The molecule has 0 bridgehead atoms. The van der Waals surface area contributed by atoms with Crippen molar-refractivity contribution in [2.45, 2.75) is 6.54 Å². The standard InChI is InChI=1S/C7H15N5O2/c1-14-5-2-9-7-10-6(8)12(11-7)3-4-13/h13H,2-5H2,1H3,(H3,8,9,10,11). The average Bonchev–Trinajstić information content (AvgIpc) is 2.49. The summed E-state index contributed by atoms with van der Waals surface area (Å²) < 4.78 is 6.29. The lowest BCUT2D eigenvalue weighted by Gasteiger charge is -1.99. The summed E-state index contributed by atoms with van der Waals surface area (Å²) in [7, 11) is 1.62. The van der Waals surface area contributed by atoms with E-state index in [1.54, 1.807) is 7.11 Å². The summed E-state index contributed by atoms with van der Waals surface area (Å²) in [4.78, 5) is 3.95. The Balaban J connectivity index is 2.48. The zero-order valence-corrected chi connectivity index (χ0v) is 8.10. The summed E-state index contributed by atoms with van der Waals surface area (Å²) in [5.41, 5.74) is 5.54. The maximum Gasteiger partial charge on any atom is 0.244 e. The molecule has 0 amide bonds. The Morgan fingerprint density at radius 1 is 1.64 bits per heavy atom. The van der Waals surface area contributed by atoms with Gasteiger partial charge in [0.1, 0.15) is 0 Å². The number of aliphatic hydroxyl groups is 1. The number of hydrogen-bond acceptors (Lipinski definition) is 6. The van der Waals surface area contributed by atoms with E-state index in [9.17, 15) is 0 Å². The third-order valence-corrected chi connectivity index (χ3v) is 1.60. The first-order valence-electron chi connectivity index (χ1n) is 4.32. The van der Waals surface area contributed by atoms with Crippen LogP contribution in [0, 0.1) is 0 Å². The largest absolute Gasteiger partial charge is 0.394 e. The molecule has 0 radical (unpaired) electrons. The molecule has 4 N–H and O–H groups in total. The van der Waals surface area contributed by atoms with Gasteiger partial charge in [0.2, 0.25) is 11.9 Å². The molecule has 1 rings (SSSR count). The Labute approximate surface area is 81.9 Å². The van der Waals surface area contributed by atoms with Crippen molar-refractivity contribution < 1.29 is 9.84 Å². The fourth-order valence-corrected chi connectivity index (χ4v) is 0.953. The Hall–Kier alpha value is -1.34. The van der Waals surface area contributed by atoms with Gasteiger partial charge in [0, 0.05) is 13.7 Å². The van der Waals surface area contributed by atoms with Gasteiger partial charge < -0.3 is 20.9 Å². The molecular formula is C7H15N5O2. The lowest BCUT2D eigenvalue weighted by molar-refractivity contribution is 0.210. The van der Waals surface area contributed by atoms with E-state index in [1.807, 2.05) is 0 Å². The van der Waals surface area contributed by atoms with Crippen LogP contribution in [0.4, 0.5) is 11.9 Å². The normalized spacial score (nSPS) is 10.4. The van der Waals surface area contributed by atoms with E-state index in [4.69, 9.17) is 15.6 Å². The number of nitrogens with zero attached hydrogens (tertiary/aromatic N) is 3. The number of nitrogens with one attached hydrogen (secondary N) is 1. The van der Waals surface area contributed by atoms with Crippen LogP contribution in [0.15, 0.2) is 0 Å². The second-order valence-corrected chi connectivity index (χ2v) is 2.66. The fraction of sp³-hybridized carbons (Fsp3) is 0.714. The highest BCUT2D eigenvalue weighted by atomic mass is 16.5. The lowest BCUT2D eigenvalue weighted by Crippen LogP contribution is -2.10. The van der Waals surface area contributed by atoms with E-state index in [2.05, 4.69) is 15.4 Å². The van der Waals surface area contributed by atoms with Crippen molar-refractivity contribution in [3.05, 3.63) is 0 Å². The van der Waals surface area contributed by atoms with Crippen molar-refractivity contribution in [3.8, 4) is 0 Å². The number of nitrogen functional groups attached to an aromatic ring is 1. The van der Waals surface area contributed by atoms with Gasteiger partial charge in [0.05, 0.1) is 19.8 Å². The van der Waals surface area contributed by atoms with E-state index in [1.165, 1.54) is 4.68 Å². The quantitative estimate of drug-likeness (QED) is 0.506. The molecule has 0 saturated heterocycles. The first-order valence-corrected chi connectivity index (χ1v) is 4.32. The molecule has 0 aromatic carbocycles. The van der Waals surface area contributed by atoms with Crippen molar-refractivity contribution in [1.82, 2.24) is 14.8 Å². The number of rotatable bonds is 6. The third kappa shape index (κ3) is 2.86. The number of ether oxygens (including phenoxy) is 1. The van der Waals surface area contributed by atoms with E-state index < -0.39 is 0 Å². The molecule has 0 atom stereocenters. The van der Waals surface area contributed by atoms with Crippen molar-refractivity contribution in [1.29, 1.82) is 0 Å². The molecule has 0 spiro atoms. The molecule has 1 aromatic heterocycles. The van der Waals surface area contributed by atoms with Crippen LogP contribution in [0.1, 0.15) is 0 Å². The molecule has 1 aromatic rings. The third-order valence-electron chi connectivity index (χ3n) is 1.60. The van der Waals surface area contributed by atoms with Gasteiger partial charge in [-0.1, -0.05) is 0 Å². The maximum absolute atomic E-state index is 8.68. The van der Waals surface area contributed by atoms with Crippen LogP contribution in [0.3, 0.4) is 0 Å². The Bertz CT molecular complexity index is 275. The number of aliphatic hydroxyl groups excluding tert-OH is 1. The van der Waals surface area contributed by atoms with Gasteiger partial charge in [-0.2, -0.15) is 4.98 Å². The van der Waals surface area contributed by atoms with Gasteiger partial charge in [-0.15, -0.1) is 5.10 Å². The van der Waals surface area contributed by atoms with Crippen LogP contribution in [0.5, 0.6) is 0 Å². The van der Waals surface area contributed by atoms with Crippen LogP contribution >= 0.6 is 0 Å². The molecule has 7 heteroatoms. The fourth-order valence-electron chi connectivity index (χ4n) is 0.953. The summed E-state index contributed by atoms with van der Waals surface area (Å²) >= 11 is 0. The molecule has 0 fully saturated rings. The Morgan fingerprint density at radius 3 is 3.07 bits per heavy atom. The van der Waals surface area contributed by atoms with Crippen LogP contribution in [-0.4, -0.2) is 46.7 Å². The summed E-state index contributed by atoms with van der Waals surface area (Å²) in [5.74, 6) is 0.743. The first-order chi connectivity index (χ1) is 6.77. The van der Waals surface area contributed by atoms with Crippen molar-refractivity contribution in [3.63, 3.8) is 0 Å². The summed E-state index contributed by atoms with van der Waals surface area (Å²) in [6.45, 7) is 1.55. The highest BCUT2D eigenvalue weighted by Crippen LogP contribution is 2.03. The van der Waals surface area contributed by atoms with E-state index in [0.717, 1.165) is 0 Å². The number of nitrogens with two attached hydrogens (primary N) is 1. The summed E-state index contributed by atoms with van der Waals surface area (Å²) in [6, 6.07) is 0. The second kappa shape index (κ2) is 5.40. The van der Waals surface area contributed by atoms with Crippen molar-refractivity contribution in [2.75, 3.05) is 37.9 Å². The Kier molecular flexibility index (Phi) is 4.14. The van der Waals surface area contributed by atoms with Crippen molar-refractivity contribution >= 4 is 11.9 Å². The van der Waals surface area contributed by atoms with Gasteiger partial charge in [0.15, 0.2) is 0 Å². The minimum atomic E-state index is -0.00886. The van der Waals surface area contributed by atoms with E-state index in [0.29, 0.717) is 31.6 Å². The zero-order chi connectivity index (χ0) is 10.4. The van der Waals surface area contributed by atoms with E-state index >= 15 is 0 Å². The highest BCUT2D eigenvalue weighted by Gasteiger charge is 2.04. The van der Waals surface area contributed by atoms with Crippen LogP contribution in [0.2, 0.25) is 0 Å². The number of aromatic nitrogens is 3. The molecular weight excluding hydrogens is 186 g/mol. The number of hydrogen-bond donors (Lipinski definition) is 3. The summed E-state index contributed by atoms with van der Waals surface area (Å²) in [6.07, 6.45) is 0. The topological polar surface area (TPSA) is 98.2 Å². The van der Waals surface area contributed by atoms with Gasteiger partial charge in [0.25, 0.3) is 0 Å². The van der Waals surface area contributed by atoms with Gasteiger partial charge in [-0.3, -0.25) is 0 Å². The predicted octanol–water partition coefficient (Wildman–Crippen LogP) is -1.09. The monoisotopic (exact) mass is 201 g/mol. The van der Waals surface area contributed by atoms with Crippen LogP contribution in [0.25, 0.3) is 0 Å². The van der Waals surface area contributed by atoms with Gasteiger partial charge in [-0.25, -0.2) is 4.68 Å². The predicted molar refractivity (Wildman–Crippen MR) is 51.9 cm³/mol. The van der Waals surface area contributed by atoms with Crippen LogP contribution in [-0.2, 0) is 11.3 Å². The number of methoxy groups -OCH3 is 1. The molecule has 0 aliphatic carbocycles. The zero-order valence-electron chi connectivity index (χ0n) is 8.10. The molecule has 0 aliphatic heterocycles. The first kappa shape index (κ1) is 10.7. The maximum atomic E-state index is 8.68. The average molecular weight is 201 g/mol. The molecule has 0 saturated carbocycles. The van der Waals surface area contributed by atoms with Gasteiger partial charge >= 0.3 is 0 Å². The minimum Gasteiger partial charge on any atom is -0.394 e. The Morgan fingerprint density at radius 2 is 2.43 bits per heavy atom. The molecule has 0 unspecified atom stereocenters. The van der Waals surface area contributed by atoms with E-state index in [-0.39, 0.29) is 6.61 Å². The number of anilines is 2. The molecule has 1 heterocycles. The van der Waals surface area contributed by atoms with Crippen LogP contribution < -0.4 is 11.1 Å². The summed E-state index contributed by atoms with van der Waals surface area (Å²) in [5, 5.41) is 15.6. The molecule has 0 aliphatic rings. The molecule has 80 valence electrons. The molecule has 14 heavy (non-hydrogen) atoms. The highest BCUT2D eigenvalue weighted by molar-refractivity contribution is 5.31. The molecule has 7 nitrogen and oxygen atoms in total. The smallest absolute Gasteiger partial charge is 0.244 e. The van der Waals surface area contributed by atoms with Crippen molar-refractivity contribution in [2.24, 2.45) is 0 Å². The minimum absolute atomic E-state index is 0.00886. The SMILES string of the molecule is COCCNc1nc(N)n(CCO)n1. The van der Waals surface area contributed by atoms with Gasteiger partial charge in [-0.05, 0) is 0 Å². The second-order valence-electron chi connectivity index (χ2n) is 2.66.